The molecule has 0 bridgehead atoms. The van der Waals surface area contributed by atoms with Crippen molar-refractivity contribution in [3.8, 4) is 11.3 Å². The van der Waals surface area contributed by atoms with E-state index >= 15 is 0 Å². The van der Waals surface area contributed by atoms with E-state index in [4.69, 9.17) is 11.6 Å². The van der Waals surface area contributed by atoms with Gasteiger partial charge >= 0.3 is 0 Å². The molecular formula is C23H20ClN3O. The monoisotopic (exact) mass is 389 g/mol. The molecular weight excluding hydrogens is 370 g/mol. The largest absolute Gasteiger partial charge is 0.326 e. The first-order valence-electron chi connectivity index (χ1n) is 9.24. The third kappa shape index (κ3) is 3.78. The van der Waals surface area contributed by atoms with Crippen molar-refractivity contribution in [3.63, 3.8) is 0 Å². The van der Waals surface area contributed by atoms with E-state index in [1.807, 2.05) is 90.4 Å². The summed E-state index contributed by atoms with van der Waals surface area (Å²) in [4.78, 5) is 17.5. The predicted octanol–water partition coefficient (Wildman–Crippen LogP) is 5.79. The number of hydrogen-bond donors (Lipinski definition) is 1. The number of halogens is 1. The summed E-state index contributed by atoms with van der Waals surface area (Å²) in [6, 6.07) is 21.3. The first kappa shape index (κ1) is 18.3. The lowest BCUT2D eigenvalue weighted by Crippen LogP contribution is -2.20. The first-order chi connectivity index (χ1) is 13.6. The number of rotatable bonds is 5. The third-order valence-corrected chi connectivity index (χ3v) is 4.99. The Morgan fingerprint density at radius 1 is 1.07 bits per heavy atom. The number of pyridine rings is 1. The van der Waals surface area contributed by atoms with E-state index in [1.165, 1.54) is 0 Å². The van der Waals surface area contributed by atoms with Crippen molar-refractivity contribution in [1.82, 2.24) is 9.38 Å². The Bertz CT molecular complexity index is 1120. The normalized spacial score (nSPS) is 12.1. The van der Waals surface area contributed by atoms with Gasteiger partial charge in [-0.2, -0.15) is 0 Å². The van der Waals surface area contributed by atoms with Crippen molar-refractivity contribution >= 4 is 28.8 Å². The van der Waals surface area contributed by atoms with E-state index in [-0.39, 0.29) is 11.8 Å². The maximum atomic E-state index is 12.8. The Hall–Kier alpha value is -3.11. The van der Waals surface area contributed by atoms with Gasteiger partial charge in [-0.1, -0.05) is 61.0 Å². The fourth-order valence-corrected chi connectivity index (χ4v) is 3.52. The Morgan fingerprint density at radius 2 is 1.89 bits per heavy atom. The van der Waals surface area contributed by atoms with Gasteiger partial charge in [-0.25, -0.2) is 4.98 Å². The third-order valence-electron chi connectivity index (χ3n) is 4.77. The van der Waals surface area contributed by atoms with Gasteiger partial charge in [0, 0.05) is 23.6 Å². The van der Waals surface area contributed by atoms with Crippen molar-refractivity contribution in [1.29, 1.82) is 0 Å². The van der Waals surface area contributed by atoms with Crippen LogP contribution in [0.3, 0.4) is 0 Å². The Kier molecular flexibility index (Phi) is 5.13. The van der Waals surface area contributed by atoms with Crippen LogP contribution in [0.2, 0.25) is 5.02 Å². The summed E-state index contributed by atoms with van der Waals surface area (Å²) in [6.07, 6.45) is 4.49. The minimum atomic E-state index is -0.179. The molecule has 0 radical (unpaired) electrons. The van der Waals surface area contributed by atoms with Gasteiger partial charge in [-0.15, -0.1) is 0 Å². The SMILES string of the molecule is CCC(C(=O)Nc1cccc(-c2cn3cc(Cl)ccc3n2)c1)c1ccccc1. The van der Waals surface area contributed by atoms with Crippen LogP contribution in [0.15, 0.2) is 79.1 Å². The molecule has 1 unspecified atom stereocenters. The van der Waals surface area contributed by atoms with Crippen LogP contribution in [0, 0.1) is 0 Å². The molecule has 4 aromatic rings. The van der Waals surface area contributed by atoms with Crippen molar-refractivity contribution in [2.45, 2.75) is 19.3 Å². The Morgan fingerprint density at radius 3 is 2.68 bits per heavy atom. The van der Waals surface area contributed by atoms with Crippen LogP contribution in [0.5, 0.6) is 0 Å². The molecule has 1 amide bonds. The van der Waals surface area contributed by atoms with Gasteiger partial charge in [0.1, 0.15) is 5.65 Å². The lowest BCUT2D eigenvalue weighted by molar-refractivity contribution is -0.117. The lowest BCUT2D eigenvalue weighted by atomic mass is 9.95. The molecule has 1 N–H and O–H groups in total. The van der Waals surface area contributed by atoms with Gasteiger partial charge in [-0.3, -0.25) is 4.79 Å². The van der Waals surface area contributed by atoms with Crippen LogP contribution in [-0.4, -0.2) is 15.3 Å². The number of benzene rings is 2. The average Bonchev–Trinajstić information content (AvgIpc) is 3.13. The Balaban J connectivity index is 1.58. The number of hydrogen-bond acceptors (Lipinski definition) is 2. The summed E-state index contributed by atoms with van der Waals surface area (Å²) in [7, 11) is 0. The molecule has 0 spiro atoms. The van der Waals surface area contributed by atoms with Gasteiger partial charge < -0.3 is 9.72 Å². The zero-order valence-electron chi connectivity index (χ0n) is 15.5. The highest BCUT2D eigenvalue weighted by atomic mass is 35.5. The van der Waals surface area contributed by atoms with E-state index in [9.17, 15) is 4.79 Å². The smallest absolute Gasteiger partial charge is 0.231 e. The lowest BCUT2D eigenvalue weighted by Gasteiger charge is -2.15. The van der Waals surface area contributed by atoms with Crippen LogP contribution < -0.4 is 5.32 Å². The number of carbonyl (C=O) groups excluding carboxylic acids is 1. The molecule has 0 saturated carbocycles. The standard InChI is InChI=1S/C23H20ClN3O/c1-2-20(16-7-4-3-5-8-16)23(28)25-19-10-6-9-17(13-19)21-15-27-14-18(24)11-12-22(27)26-21/h3-15,20H,2H2,1H3,(H,25,28). The van der Waals surface area contributed by atoms with Crippen LogP contribution in [0.25, 0.3) is 16.9 Å². The molecule has 0 aliphatic carbocycles. The molecule has 0 aliphatic rings. The van der Waals surface area contributed by atoms with Gasteiger partial charge in [0.2, 0.25) is 5.91 Å². The molecule has 0 saturated heterocycles. The summed E-state index contributed by atoms with van der Waals surface area (Å²) in [5, 5.41) is 3.71. The van der Waals surface area contributed by atoms with E-state index in [0.29, 0.717) is 5.02 Å². The van der Waals surface area contributed by atoms with Crippen LogP contribution >= 0.6 is 11.6 Å². The minimum Gasteiger partial charge on any atom is -0.326 e. The summed E-state index contributed by atoms with van der Waals surface area (Å²) in [6.45, 7) is 2.02. The van der Waals surface area contributed by atoms with Gasteiger partial charge in [0.15, 0.2) is 0 Å². The fourth-order valence-electron chi connectivity index (χ4n) is 3.35. The van der Waals surface area contributed by atoms with Gasteiger partial charge in [0.25, 0.3) is 0 Å². The number of imidazole rings is 1. The van der Waals surface area contributed by atoms with Crippen molar-refractivity contribution < 1.29 is 4.79 Å². The zero-order chi connectivity index (χ0) is 19.5. The molecule has 2 aromatic carbocycles. The minimum absolute atomic E-state index is 0.00682. The quantitative estimate of drug-likeness (QED) is 0.469. The molecule has 2 aromatic heterocycles. The molecule has 1 atom stereocenters. The van der Waals surface area contributed by atoms with E-state index in [1.54, 1.807) is 0 Å². The maximum absolute atomic E-state index is 12.8. The highest BCUT2D eigenvalue weighted by Crippen LogP contribution is 2.25. The fraction of sp³-hybridized carbons (Fsp3) is 0.130. The summed E-state index contributed by atoms with van der Waals surface area (Å²) < 4.78 is 1.89. The molecule has 2 heterocycles. The second kappa shape index (κ2) is 7.87. The summed E-state index contributed by atoms with van der Waals surface area (Å²) in [5.74, 6) is -0.185. The molecule has 28 heavy (non-hydrogen) atoms. The first-order valence-corrected chi connectivity index (χ1v) is 9.62. The molecule has 140 valence electrons. The number of fused-ring (bicyclic) bond motifs is 1. The second-order valence-corrected chi connectivity index (χ2v) is 7.12. The maximum Gasteiger partial charge on any atom is 0.231 e. The van der Waals surface area contributed by atoms with Crippen molar-refractivity contribution in [2.75, 3.05) is 5.32 Å². The highest BCUT2D eigenvalue weighted by molar-refractivity contribution is 6.30. The predicted molar refractivity (Wildman–Crippen MR) is 114 cm³/mol. The van der Waals surface area contributed by atoms with Crippen LogP contribution in [0.4, 0.5) is 5.69 Å². The van der Waals surface area contributed by atoms with Crippen LogP contribution in [-0.2, 0) is 4.79 Å². The summed E-state index contributed by atoms with van der Waals surface area (Å²) in [5.41, 5.74) is 4.37. The molecule has 4 rings (SSSR count). The van der Waals surface area contributed by atoms with Gasteiger partial charge in [0.05, 0.1) is 16.6 Å². The van der Waals surface area contributed by atoms with Crippen molar-refractivity contribution in [3.05, 3.63) is 89.7 Å². The number of carbonyl (C=O) groups is 1. The average molecular weight is 390 g/mol. The Labute approximate surface area is 168 Å². The van der Waals surface area contributed by atoms with E-state index in [2.05, 4.69) is 10.3 Å². The van der Waals surface area contributed by atoms with Crippen molar-refractivity contribution in [2.24, 2.45) is 0 Å². The van der Waals surface area contributed by atoms with E-state index < -0.39 is 0 Å². The molecule has 4 nitrogen and oxygen atoms in total. The number of aromatic nitrogens is 2. The number of nitrogens with zero attached hydrogens (tertiary/aromatic N) is 2. The molecule has 5 heteroatoms. The van der Waals surface area contributed by atoms with Crippen LogP contribution in [0.1, 0.15) is 24.8 Å². The van der Waals surface area contributed by atoms with E-state index in [0.717, 1.165) is 34.6 Å². The molecule has 0 fully saturated rings. The number of amides is 1. The number of nitrogens with one attached hydrogen (secondary N) is 1. The number of anilines is 1. The van der Waals surface area contributed by atoms with Gasteiger partial charge in [-0.05, 0) is 36.2 Å². The highest BCUT2D eigenvalue weighted by Gasteiger charge is 2.18. The topological polar surface area (TPSA) is 46.4 Å². The second-order valence-electron chi connectivity index (χ2n) is 6.68. The molecule has 0 aliphatic heterocycles. The zero-order valence-corrected chi connectivity index (χ0v) is 16.2. The summed E-state index contributed by atoms with van der Waals surface area (Å²) >= 11 is 6.05.